The second-order valence-electron chi connectivity index (χ2n) is 4.19. The van der Waals surface area contributed by atoms with Crippen LogP contribution in [0, 0.1) is 6.92 Å². The number of hydrogen-bond acceptors (Lipinski definition) is 4. The van der Waals surface area contributed by atoms with Gasteiger partial charge in [0.05, 0.1) is 11.5 Å². The van der Waals surface area contributed by atoms with E-state index in [9.17, 15) is 8.42 Å². The van der Waals surface area contributed by atoms with Crippen LogP contribution in [0.1, 0.15) is 18.4 Å². The smallest absolute Gasteiger partial charge is 0.265 e. The summed E-state index contributed by atoms with van der Waals surface area (Å²) in [6, 6.07) is 2.94. The van der Waals surface area contributed by atoms with Crippen LogP contribution < -0.4 is 5.73 Å². The molecule has 1 aliphatic rings. The molecule has 0 radical (unpaired) electrons. The third-order valence-corrected chi connectivity index (χ3v) is 4.90. The minimum absolute atomic E-state index is 0.106. The normalized spacial score (nSPS) is 17.9. The number of nitrogen functional groups attached to an aromatic ring is 1. The summed E-state index contributed by atoms with van der Waals surface area (Å²) < 4.78 is 25.8. The second-order valence-corrected chi connectivity index (χ2v) is 6.42. The SMILES string of the molecule is Cc1c(N)cc(Cl)cc1S(=O)(=O)N1CCCCO1. The van der Waals surface area contributed by atoms with Crippen LogP contribution in [-0.2, 0) is 14.9 Å². The Morgan fingerprint density at radius 1 is 1.39 bits per heavy atom. The zero-order chi connectivity index (χ0) is 13.3. The van der Waals surface area contributed by atoms with Gasteiger partial charge in [-0.2, -0.15) is 0 Å². The fourth-order valence-electron chi connectivity index (χ4n) is 1.82. The van der Waals surface area contributed by atoms with Gasteiger partial charge < -0.3 is 5.73 Å². The average Bonchev–Trinajstić information content (AvgIpc) is 2.34. The Labute approximate surface area is 111 Å². The standard InChI is InChI=1S/C11H15ClN2O3S/c1-8-10(13)6-9(12)7-11(8)18(15,16)14-4-2-3-5-17-14/h6-7H,2-5,13H2,1H3. The highest BCUT2D eigenvalue weighted by Crippen LogP contribution is 2.29. The van der Waals surface area contributed by atoms with Crippen LogP contribution in [0.25, 0.3) is 0 Å². The van der Waals surface area contributed by atoms with Crippen molar-refractivity contribution in [1.82, 2.24) is 4.47 Å². The lowest BCUT2D eigenvalue weighted by atomic mass is 10.2. The molecule has 1 heterocycles. The van der Waals surface area contributed by atoms with Gasteiger partial charge in [0.15, 0.2) is 0 Å². The largest absolute Gasteiger partial charge is 0.398 e. The molecule has 0 bridgehead atoms. The van der Waals surface area contributed by atoms with Crippen molar-refractivity contribution in [3.63, 3.8) is 0 Å². The van der Waals surface area contributed by atoms with Gasteiger partial charge in [-0.05, 0) is 37.5 Å². The summed E-state index contributed by atoms with van der Waals surface area (Å²) >= 11 is 5.86. The van der Waals surface area contributed by atoms with Crippen LogP contribution >= 0.6 is 11.6 Å². The van der Waals surface area contributed by atoms with Gasteiger partial charge in [-0.1, -0.05) is 16.1 Å². The van der Waals surface area contributed by atoms with E-state index in [1.165, 1.54) is 12.1 Å². The highest BCUT2D eigenvalue weighted by molar-refractivity contribution is 7.89. The number of benzene rings is 1. The topological polar surface area (TPSA) is 72.6 Å². The lowest BCUT2D eigenvalue weighted by Crippen LogP contribution is -2.36. The number of nitrogens with two attached hydrogens (primary N) is 1. The van der Waals surface area contributed by atoms with Crippen LogP contribution in [0.3, 0.4) is 0 Å². The van der Waals surface area contributed by atoms with E-state index in [4.69, 9.17) is 22.2 Å². The molecule has 0 aromatic heterocycles. The fraction of sp³-hybridized carbons (Fsp3) is 0.455. The van der Waals surface area contributed by atoms with Gasteiger partial charge in [0, 0.05) is 17.3 Å². The molecule has 7 heteroatoms. The lowest BCUT2D eigenvalue weighted by molar-refractivity contribution is -0.108. The summed E-state index contributed by atoms with van der Waals surface area (Å²) in [4.78, 5) is 5.30. The zero-order valence-electron chi connectivity index (χ0n) is 10.0. The van der Waals surface area contributed by atoms with Gasteiger partial charge >= 0.3 is 0 Å². The number of sulfonamides is 1. The zero-order valence-corrected chi connectivity index (χ0v) is 11.6. The Morgan fingerprint density at radius 3 is 2.72 bits per heavy atom. The predicted molar refractivity (Wildman–Crippen MR) is 69.7 cm³/mol. The van der Waals surface area contributed by atoms with E-state index in [1.807, 2.05) is 0 Å². The summed E-state index contributed by atoms with van der Waals surface area (Å²) in [6.07, 6.45) is 1.65. The number of anilines is 1. The highest BCUT2D eigenvalue weighted by Gasteiger charge is 2.29. The Bertz CT molecular complexity index is 554. The monoisotopic (exact) mass is 290 g/mol. The van der Waals surface area contributed by atoms with E-state index in [1.54, 1.807) is 6.92 Å². The molecule has 1 aliphatic heterocycles. The van der Waals surface area contributed by atoms with E-state index in [2.05, 4.69) is 0 Å². The molecule has 0 spiro atoms. The van der Waals surface area contributed by atoms with E-state index < -0.39 is 10.0 Å². The van der Waals surface area contributed by atoms with Crippen molar-refractivity contribution >= 4 is 27.3 Å². The van der Waals surface area contributed by atoms with Crippen LogP contribution in [0.5, 0.6) is 0 Å². The molecule has 0 atom stereocenters. The maximum atomic E-state index is 12.4. The molecule has 1 aromatic carbocycles. The first-order chi connectivity index (χ1) is 8.43. The van der Waals surface area contributed by atoms with Gasteiger partial charge in [-0.25, -0.2) is 8.42 Å². The van der Waals surface area contributed by atoms with Crippen molar-refractivity contribution in [2.75, 3.05) is 18.9 Å². The van der Waals surface area contributed by atoms with Crippen LogP contribution in [0.15, 0.2) is 17.0 Å². The first kappa shape index (κ1) is 13.6. The number of hydrogen-bond donors (Lipinski definition) is 1. The summed E-state index contributed by atoms with van der Waals surface area (Å²) in [7, 11) is -3.69. The minimum atomic E-state index is -3.69. The Hall–Kier alpha value is -0.820. The molecule has 2 rings (SSSR count). The summed E-state index contributed by atoms with van der Waals surface area (Å²) in [5.41, 5.74) is 6.59. The van der Waals surface area contributed by atoms with Crippen LogP contribution in [0.2, 0.25) is 5.02 Å². The molecule has 0 aliphatic carbocycles. The highest BCUT2D eigenvalue weighted by atomic mass is 35.5. The first-order valence-electron chi connectivity index (χ1n) is 5.64. The molecule has 18 heavy (non-hydrogen) atoms. The molecule has 5 nitrogen and oxygen atoms in total. The van der Waals surface area contributed by atoms with Crippen molar-refractivity contribution < 1.29 is 13.3 Å². The Morgan fingerprint density at radius 2 is 2.11 bits per heavy atom. The maximum Gasteiger partial charge on any atom is 0.265 e. The van der Waals surface area contributed by atoms with Crippen molar-refractivity contribution in [2.24, 2.45) is 0 Å². The quantitative estimate of drug-likeness (QED) is 0.845. The fourth-order valence-corrected chi connectivity index (χ4v) is 3.69. The summed E-state index contributed by atoms with van der Waals surface area (Å²) in [5.74, 6) is 0. The average molecular weight is 291 g/mol. The van der Waals surface area contributed by atoms with Gasteiger partial charge in [-0.3, -0.25) is 4.84 Å². The summed E-state index contributed by atoms with van der Waals surface area (Å²) in [5, 5.41) is 0.300. The van der Waals surface area contributed by atoms with Gasteiger partial charge in [0.25, 0.3) is 10.0 Å². The predicted octanol–water partition coefficient (Wildman–Crippen LogP) is 1.95. The molecular formula is C11H15ClN2O3S. The number of halogens is 1. The van der Waals surface area contributed by atoms with Crippen molar-refractivity contribution in [2.45, 2.75) is 24.7 Å². The molecule has 100 valence electrons. The maximum absolute atomic E-state index is 12.4. The van der Waals surface area contributed by atoms with Crippen molar-refractivity contribution in [1.29, 1.82) is 0 Å². The molecule has 2 N–H and O–H groups in total. The van der Waals surface area contributed by atoms with Crippen LogP contribution in [-0.4, -0.2) is 26.0 Å². The summed E-state index contributed by atoms with van der Waals surface area (Å²) in [6.45, 7) is 2.42. The minimum Gasteiger partial charge on any atom is -0.398 e. The van der Waals surface area contributed by atoms with Crippen LogP contribution in [0.4, 0.5) is 5.69 Å². The molecule has 1 saturated heterocycles. The van der Waals surface area contributed by atoms with E-state index >= 15 is 0 Å². The van der Waals surface area contributed by atoms with E-state index in [0.29, 0.717) is 29.4 Å². The third kappa shape index (κ3) is 2.47. The number of hydroxylamine groups is 1. The second kappa shape index (κ2) is 5.05. The molecular weight excluding hydrogens is 276 g/mol. The van der Waals surface area contributed by atoms with Crippen molar-refractivity contribution in [3.05, 3.63) is 22.7 Å². The lowest BCUT2D eigenvalue weighted by Gasteiger charge is -2.26. The third-order valence-electron chi connectivity index (χ3n) is 2.88. The first-order valence-corrected chi connectivity index (χ1v) is 7.46. The Balaban J connectivity index is 2.46. The van der Waals surface area contributed by atoms with Gasteiger partial charge in [0.1, 0.15) is 0 Å². The number of nitrogens with zero attached hydrogens (tertiary/aromatic N) is 1. The molecule has 1 fully saturated rings. The number of rotatable bonds is 2. The van der Waals surface area contributed by atoms with Gasteiger partial charge in [0.2, 0.25) is 0 Å². The Kier molecular flexibility index (Phi) is 3.82. The van der Waals surface area contributed by atoms with E-state index in [-0.39, 0.29) is 4.90 Å². The van der Waals surface area contributed by atoms with Gasteiger partial charge in [-0.15, -0.1) is 0 Å². The molecule has 0 amide bonds. The molecule has 1 aromatic rings. The van der Waals surface area contributed by atoms with Crippen molar-refractivity contribution in [3.8, 4) is 0 Å². The molecule has 0 unspecified atom stereocenters. The van der Waals surface area contributed by atoms with E-state index in [0.717, 1.165) is 17.3 Å². The molecule has 0 saturated carbocycles.